The summed E-state index contributed by atoms with van der Waals surface area (Å²) in [7, 11) is 0. The molecule has 2 heteroatoms. The van der Waals surface area contributed by atoms with Gasteiger partial charge < -0.3 is 0 Å². The molecule has 0 bridgehead atoms. The van der Waals surface area contributed by atoms with Crippen molar-refractivity contribution in [2.75, 3.05) is 0 Å². The van der Waals surface area contributed by atoms with Gasteiger partial charge in [0.15, 0.2) is 0 Å². The fourth-order valence-corrected chi connectivity index (χ4v) is 5.10. The number of hydrogen-bond donors (Lipinski definition) is 0. The first kappa shape index (κ1) is 21.5. The zero-order valence-corrected chi connectivity index (χ0v) is 18.9. The highest BCUT2D eigenvalue weighted by molar-refractivity contribution is 8.07. The maximum absolute atomic E-state index is 4.11. The topological polar surface area (TPSA) is 12.4 Å². The largest absolute Gasteiger partial charge is 0.271 e. The van der Waals surface area contributed by atoms with Gasteiger partial charge in [-0.1, -0.05) is 57.0 Å². The fourth-order valence-electron chi connectivity index (χ4n) is 4.10. The van der Waals surface area contributed by atoms with Gasteiger partial charge in [0.2, 0.25) is 0 Å². The lowest BCUT2D eigenvalue weighted by molar-refractivity contribution is 0.646. The van der Waals surface area contributed by atoms with Crippen LogP contribution in [0.3, 0.4) is 0 Å². The summed E-state index contributed by atoms with van der Waals surface area (Å²) in [5.41, 5.74) is 8.14. The van der Waals surface area contributed by atoms with Crippen LogP contribution in [0.5, 0.6) is 0 Å². The van der Waals surface area contributed by atoms with Gasteiger partial charge in [-0.2, -0.15) is 0 Å². The van der Waals surface area contributed by atoms with Crippen LogP contribution in [-0.2, 0) is 18.6 Å². The molecule has 0 N–H and O–H groups in total. The minimum Gasteiger partial charge on any atom is -0.271 e. The molecule has 0 aromatic heterocycles. The molecule has 0 saturated carbocycles. The lowest BCUT2D eigenvalue weighted by atomic mass is 9.97. The average molecular weight is 402 g/mol. The van der Waals surface area contributed by atoms with Crippen LogP contribution in [0.15, 0.2) is 47.6 Å². The maximum atomic E-state index is 4.11. The van der Waals surface area contributed by atoms with Gasteiger partial charge in [0.05, 0.1) is 0 Å². The SMILES string of the molecule is C=N/C=C(\SCc1ccc(CC(C)C)c(C#CC)c1)c1cccc2c1CCC2C. The summed E-state index contributed by atoms with van der Waals surface area (Å²) in [6, 6.07) is 13.5. The lowest BCUT2D eigenvalue weighted by Crippen LogP contribution is -1.98. The second-order valence-corrected chi connectivity index (χ2v) is 9.26. The molecule has 0 aliphatic heterocycles. The van der Waals surface area contributed by atoms with Crippen molar-refractivity contribution in [3.63, 3.8) is 0 Å². The molecule has 1 unspecified atom stereocenters. The Bertz CT molecular complexity index is 972. The summed E-state index contributed by atoms with van der Waals surface area (Å²) in [5, 5.41) is 0. The van der Waals surface area contributed by atoms with Crippen LogP contribution in [0.4, 0.5) is 0 Å². The predicted octanol–water partition coefficient (Wildman–Crippen LogP) is 7.24. The van der Waals surface area contributed by atoms with Gasteiger partial charge in [-0.15, -0.1) is 17.7 Å². The zero-order valence-electron chi connectivity index (χ0n) is 18.1. The Balaban J connectivity index is 1.84. The molecule has 3 rings (SSSR count). The molecule has 1 nitrogen and oxygen atoms in total. The van der Waals surface area contributed by atoms with E-state index in [2.05, 4.69) is 80.7 Å². The Labute approximate surface area is 180 Å². The van der Waals surface area contributed by atoms with Gasteiger partial charge in [0.25, 0.3) is 0 Å². The molecular weight excluding hydrogens is 370 g/mol. The Morgan fingerprint density at radius 1 is 1.31 bits per heavy atom. The van der Waals surface area contributed by atoms with Gasteiger partial charge in [-0.05, 0) is 78.6 Å². The van der Waals surface area contributed by atoms with E-state index >= 15 is 0 Å². The summed E-state index contributed by atoms with van der Waals surface area (Å²) < 4.78 is 0. The van der Waals surface area contributed by atoms with E-state index in [1.165, 1.54) is 44.7 Å². The Kier molecular flexibility index (Phi) is 7.40. The molecule has 0 amide bonds. The van der Waals surface area contributed by atoms with Crippen molar-refractivity contribution in [3.05, 3.63) is 76.0 Å². The van der Waals surface area contributed by atoms with Crippen LogP contribution in [-0.4, -0.2) is 6.72 Å². The number of benzene rings is 2. The molecule has 29 heavy (non-hydrogen) atoms. The van der Waals surface area contributed by atoms with Crippen LogP contribution in [0.2, 0.25) is 0 Å². The quantitative estimate of drug-likeness (QED) is 0.352. The average Bonchev–Trinajstić information content (AvgIpc) is 3.08. The van der Waals surface area contributed by atoms with E-state index in [0.29, 0.717) is 11.8 Å². The summed E-state index contributed by atoms with van der Waals surface area (Å²) in [6.45, 7) is 12.5. The van der Waals surface area contributed by atoms with Crippen LogP contribution in [0, 0.1) is 17.8 Å². The van der Waals surface area contributed by atoms with Crippen LogP contribution in [0.1, 0.15) is 73.4 Å². The van der Waals surface area contributed by atoms with E-state index in [1.807, 2.05) is 24.9 Å². The highest BCUT2D eigenvalue weighted by atomic mass is 32.2. The van der Waals surface area contributed by atoms with Crippen molar-refractivity contribution >= 4 is 23.4 Å². The number of thioether (sulfide) groups is 1. The normalized spacial score (nSPS) is 15.8. The van der Waals surface area contributed by atoms with E-state index in [1.54, 1.807) is 0 Å². The summed E-state index contributed by atoms with van der Waals surface area (Å²) >= 11 is 1.85. The molecular formula is C27H31NS. The smallest absolute Gasteiger partial charge is 0.0402 e. The highest BCUT2D eigenvalue weighted by Crippen LogP contribution is 2.40. The van der Waals surface area contributed by atoms with Gasteiger partial charge in [0.1, 0.15) is 0 Å². The van der Waals surface area contributed by atoms with Crippen molar-refractivity contribution in [3.8, 4) is 11.8 Å². The summed E-state index contributed by atoms with van der Waals surface area (Å²) in [5.74, 6) is 8.56. The minimum atomic E-state index is 0.628. The summed E-state index contributed by atoms with van der Waals surface area (Å²) in [4.78, 5) is 5.32. The van der Waals surface area contributed by atoms with Crippen molar-refractivity contribution < 1.29 is 0 Å². The van der Waals surface area contributed by atoms with E-state index in [-0.39, 0.29) is 0 Å². The van der Waals surface area contributed by atoms with E-state index < -0.39 is 0 Å². The number of nitrogens with zero attached hydrogens (tertiary/aromatic N) is 1. The third-order valence-corrected chi connectivity index (χ3v) is 6.61. The first-order chi connectivity index (χ1) is 14.0. The number of rotatable bonds is 7. The molecule has 2 aromatic carbocycles. The molecule has 2 aromatic rings. The first-order valence-electron chi connectivity index (χ1n) is 10.5. The number of aliphatic imine (C=N–C) groups is 1. The second-order valence-electron chi connectivity index (χ2n) is 8.24. The monoisotopic (exact) mass is 401 g/mol. The number of fused-ring (bicyclic) bond motifs is 1. The highest BCUT2D eigenvalue weighted by Gasteiger charge is 2.22. The first-order valence-corrected chi connectivity index (χ1v) is 11.5. The maximum Gasteiger partial charge on any atom is 0.0402 e. The zero-order chi connectivity index (χ0) is 20.8. The molecule has 1 aliphatic rings. The molecule has 0 radical (unpaired) electrons. The van der Waals surface area contributed by atoms with E-state index in [4.69, 9.17) is 0 Å². The lowest BCUT2D eigenvalue weighted by Gasteiger charge is -2.14. The van der Waals surface area contributed by atoms with Gasteiger partial charge >= 0.3 is 0 Å². The van der Waals surface area contributed by atoms with E-state index in [9.17, 15) is 0 Å². The third-order valence-electron chi connectivity index (χ3n) is 5.50. The van der Waals surface area contributed by atoms with E-state index in [0.717, 1.165) is 18.6 Å². The van der Waals surface area contributed by atoms with Crippen molar-refractivity contribution in [2.45, 2.75) is 58.6 Å². The Morgan fingerprint density at radius 3 is 2.86 bits per heavy atom. The van der Waals surface area contributed by atoms with Crippen LogP contribution < -0.4 is 0 Å². The standard InChI is InChI=1S/C27H31NS/c1-6-8-22-16-21(12-13-23(22)15-19(2)3)18-29-27(17-28-5)26-10-7-9-24-20(4)11-14-25(24)26/h7,9-10,12-13,16-17,19-20H,5,11,14-15,18H2,1-4H3/b27-17-. The van der Waals surface area contributed by atoms with Crippen molar-refractivity contribution in [1.29, 1.82) is 0 Å². The molecule has 150 valence electrons. The fraction of sp³-hybridized carbons (Fsp3) is 0.370. The molecule has 1 aliphatic carbocycles. The van der Waals surface area contributed by atoms with Crippen molar-refractivity contribution in [1.82, 2.24) is 0 Å². The Morgan fingerprint density at radius 2 is 2.14 bits per heavy atom. The van der Waals surface area contributed by atoms with Crippen molar-refractivity contribution in [2.24, 2.45) is 10.9 Å². The number of hydrogen-bond acceptors (Lipinski definition) is 2. The van der Waals surface area contributed by atoms with Gasteiger partial charge in [-0.25, -0.2) is 0 Å². The Hall–Kier alpha value is -2.24. The second kappa shape index (κ2) is 9.99. The molecule has 0 saturated heterocycles. The van der Waals surface area contributed by atoms with Gasteiger partial charge in [-0.3, -0.25) is 4.99 Å². The van der Waals surface area contributed by atoms with Crippen LogP contribution in [0.25, 0.3) is 4.91 Å². The molecule has 0 spiro atoms. The molecule has 1 atom stereocenters. The minimum absolute atomic E-state index is 0.628. The molecule has 0 heterocycles. The summed E-state index contributed by atoms with van der Waals surface area (Å²) in [6.07, 6.45) is 5.38. The molecule has 0 fully saturated rings. The predicted molar refractivity (Wildman–Crippen MR) is 130 cm³/mol. The third kappa shape index (κ3) is 5.22. The van der Waals surface area contributed by atoms with Crippen LogP contribution >= 0.6 is 11.8 Å². The van der Waals surface area contributed by atoms with Gasteiger partial charge in [0, 0.05) is 22.4 Å².